The normalized spacial score (nSPS) is 29.4. The van der Waals surface area contributed by atoms with Gasteiger partial charge in [-0.2, -0.15) is 0 Å². The summed E-state index contributed by atoms with van der Waals surface area (Å²) in [5.74, 6) is 0. The SMILES string of the molecule is NCCOCC1CCCCN1C1CC1. The molecule has 0 aromatic carbocycles. The molecule has 1 atom stereocenters. The Labute approximate surface area is 86.6 Å². The van der Waals surface area contributed by atoms with Gasteiger partial charge < -0.3 is 10.5 Å². The molecule has 1 aliphatic heterocycles. The van der Waals surface area contributed by atoms with Crippen LogP contribution in [0.4, 0.5) is 0 Å². The monoisotopic (exact) mass is 198 g/mol. The van der Waals surface area contributed by atoms with Crippen molar-refractivity contribution in [1.29, 1.82) is 0 Å². The van der Waals surface area contributed by atoms with E-state index in [1.165, 1.54) is 38.6 Å². The molecule has 0 amide bonds. The van der Waals surface area contributed by atoms with E-state index in [9.17, 15) is 0 Å². The van der Waals surface area contributed by atoms with Gasteiger partial charge >= 0.3 is 0 Å². The molecular weight excluding hydrogens is 176 g/mol. The molecule has 1 saturated heterocycles. The van der Waals surface area contributed by atoms with E-state index in [-0.39, 0.29) is 0 Å². The molecule has 0 aromatic rings. The Balaban J connectivity index is 1.74. The van der Waals surface area contributed by atoms with Gasteiger partial charge in [0.25, 0.3) is 0 Å². The van der Waals surface area contributed by atoms with Crippen molar-refractivity contribution in [2.45, 2.75) is 44.2 Å². The maximum atomic E-state index is 5.56. The Morgan fingerprint density at radius 2 is 2.07 bits per heavy atom. The van der Waals surface area contributed by atoms with Crippen molar-refractivity contribution in [3.05, 3.63) is 0 Å². The van der Waals surface area contributed by atoms with Crippen LogP contribution in [0.25, 0.3) is 0 Å². The molecule has 2 fully saturated rings. The number of ether oxygens (including phenoxy) is 1. The molecule has 1 saturated carbocycles. The molecule has 0 radical (unpaired) electrons. The van der Waals surface area contributed by atoms with Crippen molar-refractivity contribution in [3.63, 3.8) is 0 Å². The average Bonchev–Trinajstić information content (AvgIpc) is 3.03. The smallest absolute Gasteiger partial charge is 0.0622 e. The first kappa shape index (κ1) is 10.4. The summed E-state index contributed by atoms with van der Waals surface area (Å²) in [6.07, 6.45) is 6.89. The van der Waals surface area contributed by atoms with Crippen LogP contribution in [0, 0.1) is 0 Å². The Morgan fingerprint density at radius 1 is 1.21 bits per heavy atom. The lowest BCUT2D eigenvalue weighted by Crippen LogP contribution is -2.43. The molecule has 14 heavy (non-hydrogen) atoms. The predicted molar refractivity (Wildman–Crippen MR) is 57.2 cm³/mol. The molecule has 2 N–H and O–H groups in total. The molecular formula is C11H22N2O. The van der Waals surface area contributed by atoms with Crippen molar-refractivity contribution in [2.24, 2.45) is 5.73 Å². The third kappa shape index (κ3) is 2.69. The van der Waals surface area contributed by atoms with Gasteiger partial charge in [-0.15, -0.1) is 0 Å². The van der Waals surface area contributed by atoms with Crippen LogP contribution >= 0.6 is 0 Å². The zero-order chi connectivity index (χ0) is 9.80. The van der Waals surface area contributed by atoms with Crippen molar-refractivity contribution in [3.8, 4) is 0 Å². The summed E-state index contributed by atoms with van der Waals surface area (Å²) in [6.45, 7) is 3.56. The minimum Gasteiger partial charge on any atom is -0.379 e. The minimum atomic E-state index is 0.649. The van der Waals surface area contributed by atoms with Crippen LogP contribution in [-0.4, -0.2) is 43.3 Å². The number of hydrogen-bond acceptors (Lipinski definition) is 3. The summed E-state index contributed by atoms with van der Waals surface area (Å²) in [6, 6.07) is 1.57. The number of nitrogens with zero attached hydrogens (tertiary/aromatic N) is 1. The van der Waals surface area contributed by atoms with Gasteiger partial charge in [0.1, 0.15) is 0 Å². The van der Waals surface area contributed by atoms with E-state index in [2.05, 4.69) is 4.90 Å². The van der Waals surface area contributed by atoms with E-state index in [1.54, 1.807) is 0 Å². The van der Waals surface area contributed by atoms with Gasteiger partial charge in [0.2, 0.25) is 0 Å². The molecule has 3 nitrogen and oxygen atoms in total. The zero-order valence-electron chi connectivity index (χ0n) is 8.95. The lowest BCUT2D eigenvalue weighted by Gasteiger charge is -2.35. The number of hydrogen-bond donors (Lipinski definition) is 1. The molecule has 1 unspecified atom stereocenters. The fourth-order valence-electron chi connectivity index (χ4n) is 2.39. The van der Waals surface area contributed by atoms with E-state index in [1.807, 2.05) is 0 Å². The zero-order valence-corrected chi connectivity index (χ0v) is 8.95. The van der Waals surface area contributed by atoms with Crippen molar-refractivity contribution < 1.29 is 4.74 Å². The highest BCUT2D eigenvalue weighted by atomic mass is 16.5. The van der Waals surface area contributed by atoms with Gasteiger partial charge in [-0.3, -0.25) is 4.90 Å². The maximum absolute atomic E-state index is 5.56. The summed E-state index contributed by atoms with van der Waals surface area (Å²) >= 11 is 0. The molecule has 0 bridgehead atoms. The second-order valence-corrected chi connectivity index (χ2v) is 4.48. The highest BCUT2D eigenvalue weighted by Crippen LogP contribution is 2.32. The Hall–Kier alpha value is -0.120. The number of piperidine rings is 1. The van der Waals surface area contributed by atoms with Gasteiger partial charge in [0, 0.05) is 18.6 Å². The van der Waals surface area contributed by atoms with Gasteiger partial charge in [-0.1, -0.05) is 6.42 Å². The second-order valence-electron chi connectivity index (χ2n) is 4.48. The Bertz CT molecular complexity index is 171. The summed E-state index contributed by atoms with van der Waals surface area (Å²) in [4.78, 5) is 2.67. The average molecular weight is 198 g/mol. The van der Waals surface area contributed by atoms with E-state index in [0.717, 1.165) is 19.3 Å². The van der Waals surface area contributed by atoms with Crippen molar-refractivity contribution in [2.75, 3.05) is 26.3 Å². The molecule has 1 heterocycles. The Kier molecular flexibility index (Phi) is 3.79. The third-order valence-corrected chi connectivity index (χ3v) is 3.26. The lowest BCUT2D eigenvalue weighted by atomic mass is 10.0. The molecule has 3 heteroatoms. The second kappa shape index (κ2) is 5.10. The number of rotatable bonds is 5. The van der Waals surface area contributed by atoms with Crippen molar-refractivity contribution >= 4 is 0 Å². The molecule has 82 valence electrons. The number of nitrogens with two attached hydrogens (primary N) is 1. The van der Waals surface area contributed by atoms with Crippen LogP contribution in [0.15, 0.2) is 0 Å². The first-order chi connectivity index (χ1) is 6.92. The topological polar surface area (TPSA) is 38.5 Å². The largest absolute Gasteiger partial charge is 0.379 e. The van der Waals surface area contributed by atoms with Crippen molar-refractivity contribution in [1.82, 2.24) is 4.90 Å². The summed E-state index contributed by atoms with van der Waals surface area (Å²) in [5, 5.41) is 0. The van der Waals surface area contributed by atoms with Gasteiger partial charge in [0.15, 0.2) is 0 Å². The fourth-order valence-corrected chi connectivity index (χ4v) is 2.39. The quantitative estimate of drug-likeness (QED) is 0.669. The van der Waals surface area contributed by atoms with Gasteiger partial charge in [0.05, 0.1) is 13.2 Å². The van der Waals surface area contributed by atoms with Gasteiger partial charge in [-0.05, 0) is 32.2 Å². The molecule has 1 aliphatic carbocycles. The molecule has 0 aromatic heterocycles. The van der Waals surface area contributed by atoms with Crippen LogP contribution in [-0.2, 0) is 4.74 Å². The van der Waals surface area contributed by atoms with Crippen LogP contribution in [0.5, 0.6) is 0 Å². The highest BCUT2D eigenvalue weighted by Gasteiger charge is 2.35. The number of likely N-dealkylation sites (tertiary alicyclic amines) is 1. The van der Waals surface area contributed by atoms with Crippen LogP contribution in [0.1, 0.15) is 32.1 Å². The molecule has 2 aliphatic rings. The first-order valence-corrected chi connectivity index (χ1v) is 5.95. The van der Waals surface area contributed by atoms with Gasteiger partial charge in [-0.25, -0.2) is 0 Å². The van der Waals surface area contributed by atoms with Crippen LogP contribution < -0.4 is 5.73 Å². The first-order valence-electron chi connectivity index (χ1n) is 5.95. The van der Waals surface area contributed by atoms with E-state index in [4.69, 9.17) is 10.5 Å². The standard InChI is InChI=1S/C11H22N2O/c12-6-8-14-9-11-3-1-2-7-13(11)10-4-5-10/h10-11H,1-9,12H2. The van der Waals surface area contributed by atoms with Crippen LogP contribution in [0.2, 0.25) is 0 Å². The summed E-state index contributed by atoms with van der Waals surface area (Å²) in [5.41, 5.74) is 5.41. The Morgan fingerprint density at radius 3 is 2.79 bits per heavy atom. The van der Waals surface area contributed by atoms with E-state index >= 15 is 0 Å². The molecule has 0 spiro atoms. The minimum absolute atomic E-state index is 0.649. The molecule has 2 rings (SSSR count). The third-order valence-electron chi connectivity index (χ3n) is 3.26. The maximum Gasteiger partial charge on any atom is 0.0622 e. The van der Waals surface area contributed by atoms with E-state index in [0.29, 0.717) is 12.6 Å². The van der Waals surface area contributed by atoms with Crippen LogP contribution in [0.3, 0.4) is 0 Å². The van der Waals surface area contributed by atoms with E-state index < -0.39 is 0 Å². The summed E-state index contributed by atoms with van der Waals surface area (Å²) in [7, 11) is 0. The fraction of sp³-hybridized carbons (Fsp3) is 1.00. The highest BCUT2D eigenvalue weighted by molar-refractivity contribution is 4.90. The summed E-state index contributed by atoms with van der Waals surface area (Å²) < 4.78 is 5.56. The lowest BCUT2D eigenvalue weighted by molar-refractivity contribution is 0.0390. The predicted octanol–water partition coefficient (Wildman–Crippen LogP) is 0.979.